The van der Waals surface area contributed by atoms with Gasteiger partial charge in [-0.25, -0.2) is 0 Å². The predicted octanol–water partition coefficient (Wildman–Crippen LogP) is 3.76. The quantitative estimate of drug-likeness (QED) is 0.496. The van der Waals surface area contributed by atoms with Gasteiger partial charge in [0.2, 0.25) is 0 Å². The highest BCUT2D eigenvalue weighted by Crippen LogP contribution is 2.47. The van der Waals surface area contributed by atoms with Crippen LogP contribution in [0.2, 0.25) is 0 Å². The van der Waals surface area contributed by atoms with Crippen LogP contribution in [0, 0.1) is 17.3 Å². The second kappa shape index (κ2) is 4.34. The van der Waals surface area contributed by atoms with Gasteiger partial charge in [0, 0.05) is 5.92 Å². The fourth-order valence-electron chi connectivity index (χ4n) is 2.56. The maximum atomic E-state index is 12.0. The molecule has 0 heterocycles. The first-order valence-electron chi connectivity index (χ1n) is 5.75. The molecule has 0 aromatic carbocycles. The number of allylic oxidation sites excluding steroid dienone is 3. The molecule has 0 bridgehead atoms. The number of hydrogen-bond donors (Lipinski definition) is 0. The normalized spacial score (nSPS) is 30.8. The molecule has 15 heavy (non-hydrogen) atoms. The minimum absolute atomic E-state index is 0.0115. The zero-order valence-corrected chi connectivity index (χ0v) is 10.3. The van der Waals surface area contributed by atoms with Crippen molar-refractivity contribution in [3.63, 3.8) is 0 Å². The van der Waals surface area contributed by atoms with E-state index in [9.17, 15) is 4.79 Å². The van der Waals surface area contributed by atoms with Crippen molar-refractivity contribution in [1.29, 1.82) is 0 Å². The predicted molar refractivity (Wildman–Crippen MR) is 64.6 cm³/mol. The summed E-state index contributed by atoms with van der Waals surface area (Å²) >= 11 is 0. The Morgan fingerprint density at radius 3 is 2.67 bits per heavy atom. The van der Waals surface area contributed by atoms with Crippen molar-refractivity contribution in [3.05, 3.63) is 24.3 Å². The molecule has 0 aromatic rings. The molecule has 0 radical (unpaired) electrons. The third-order valence-corrected chi connectivity index (χ3v) is 3.94. The van der Waals surface area contributed by atoms with E-state index in [2.05, 4.69) is 27.4 Å². The summed E-state index contributed by atoms with van der Waals surface area (Å²) in [6.45, 7) is 12.6. The maximum Gasteiger partial charge on any atom is 0.162 e. The maximum absolute atomic E-state index is 12.0. The summed E-state index contributed by atoms with van der Waals surface area (Å²) in [7, 11) is 0. The largest absolute Gasteiger partial charge is 0.294 e. The fourth-order valence-corrected chi connectivity index (χ4v) is 2.56. The third kappa shape index (κ3) is 2.22. The lowest BCUT2D eigenvalue weighted by Gasteiger charge is -2.43. The van der Waals surface area contributed by atoms with Crippen molar-refractivity contribution >= 4 is 5.78 Å². The summed E-state index contributed by atoms with van der Waals surface area (Å²) < 4.78 is 0. The van der Waals surface area contributed by atoms with E-state index in [1.54, 1.807) is 6.08 Å². The number of ketones is 1. The highest BCUT2D eigenvalue weighted by atomic mass is 16.1. The van der Waals surface area contributed by atoms with Gasteiger partial charge in [0.15, 0.2) is 5.78 Å². The van der Waals surface area contributed by atoms with E-state index in [0.717, 1.165) is 18.4 Å². The third-order valence-electron chi connectivity index (χ3n) is 3.94. The Morgan fingerprint density at radius 1 is 1.53 bits per heavy atom. The van der Waals surface area contributed by atoms with Crippen molar-refractivity contribution in [3.8, 4) is 0 Å². The molecule has 1 aliphatic carbocycles. The van der Waals surface area contributed by atoms with Crippen LogP contribution in [0.3, 0.4) is 0 Å². The topological polar surface area (TPSA) is 17.1 Å². The summed E-state index contributed by atoms with van der Waals surface area (Å²) in [6.07, 6.45) is 5.67. The van der Waals surface area contributed by atoms with Crippen molar-refractivity contribution in [1.82, 2.24) is 0 Å². The average Bonchev–Trinajstić information content (AvgIpc) is 2.12. The lowest BCUT2D eigenvalue weighted by molar-refractivity contribution is -0.122. The molecule has 0 aromatic heterocycles. The number of carbonyl (C=O) groups excluding carboxylic acids is 1. The molecule has 0 N–H and O–H groups in total. The van der Waals surface area contributed by atoms with Crippen LogP contribution in [-0.2, 0) is 4.79 Å². The van der Waals surface area contributed by atoms with E-state index in [1.807, 2.05) is 13.0 Å². The molecule has 1 saturated carbocycles. The van der Waals surface area contributed by atoms with Crippen LogP contribution in [0.4, 0.5) is 0 Å². The molecular weight excluding hydrogens is 184 g/mol. The molecule has 1 fully saturated rings. The van der Waals surface area contributed by atoms with Gasteiger partial charge in [-0.2, -0.15) is 0 Å². The summed E-state index contributed by atoms with van der Waals surface area (Å²) in [5.41, 5.74) is 1.16. The van der Waals surface area contributed by atoms with E-state index >= 15 is 0 Å². The minimum atomic E-state index is 0.0115. The second-order valence-electron chi connectivity index (χ2n) is 5.25. The Bertz CT molecular complexity index is 296. The van der Waals surface area contributed by atoms with Crippen molar-refractivity contribution < 1.29 is 4.79 Å². The van der Waals surface area contributed by atoms with Gasteiger partial charge in [-0.05, 0) is 37.2 Å². The lowest BCUT2D eigenvalue weighted by Crippen LogP contribution is -2.40. The van der Waals surface area contributed by atoms with E-state index in [1.165, 1.54) is 0 Å². The molecule has 0 aliphatic heterocycles. The minimum Gasteiger partial charge on any atom is -0.294 e. The van der Waals surface area contributed by atoms with E-state index < -0.39 is 0 Å². The molecule has 0 spiro atoms. The van der Waals surface area contributed by atoms with Crippen molar-refractivity contribution in [2.45, 2.75) is 40.5 Å². The van der Waals surface area contributed by atoms with E-state index in [0.29, 0.717) is 5.92 Å². The monoisotopic (exact) mass is 206 g/mol. The molecule has 84 valence electrons. The van der Waals surface area contributed by atoms with Gasteiger partial charge in [-0.15, -0.1) is 0 Å². The second-order valence-corrected chi connectivity index (χ2v) is 5.25. The molecule has 1 aliphatic rings. The zero-order chi connectivity index (χ0) is 11.6. The molecule has 0 amide bonds. The van der Waals surface area contributed by atoms with Gasteiger partial charge in [0.1, 0.15) is 0 Å². The van der Waals surface area contributed by atoms with Crippen LogP contribution in [0.15, 0.2) is 24.3 Å². The van der Waals surface area contributed by atoms with Crippen molar-refractivity contribution in [2.75, 3.05) is 0 Å². The van der Waals surface area contributed by atoms with Crippen LogP contribution in [-0.4, -0.2) is 5.78 Å². The fraction of sp³-hybridized carbons (Fsp3) is 0.643. The zero-order valence-electron chi connectivity index (χ0n) is 10.3. The highest BCUT2D eigenvalue weighted by molar-refractivity contribution is 5.94. The van der Waals surface area contributed by atoms with E-state index in [-0.39, 0.29) is 17.1 Å². The van der Waals surface area contributed by atoms with Crippen LogP contribution in [0.1, 0.15) is 40.5 Å². The lowest BCUT2D eigenvalue weighted by atomic mass is 9.60. The Morgan fingerprint density at radius 2 is 2.13 bits per heavy atom. The van der Waals surface area contributed by atoms with Crippen LogP contribution < -0.4 is 0 Å². The van der Waals surface area contributed by atoms with Crippen molar-refractivity contribution in [2.24, 2.45) is 17.3 Å². The van der Waals surface area contributed by atoms with Gasteiger partial charge in [0.05, 0.1) is 0 Å². The first-order valence-corrected chi connectivity index (χ1v) is 5.75. The van der Waals surface area contributed by atoms with Gasteiger partial charge >= 0.3 is 0 Å². The van der Waals surface area contributed by atoms with Crippen LogP contribution in [0.5, 0.6) is 0 Å². The van der Waals surface area contributed by atoms with Crippen LogP contribution >= 0.6 is 0 Å². The summed E-state index contributed by atoms with van der Waals surface area (Å²) in [5, 5.41) is 0. The molecular formula is C14H22O. The number of hydrogen-bond acceptors (Lipinski definition) is 1. The Kier molecular flexibility index (Phi) is 3.54. The van der Waals surface area contributed by atoms with Gasteiger partial charge in [-0.3, -0.25) is 4.79 Å². The highest BCUT2D eigenvalue weighted by Gasteiger charge is 2.42. The Balaban J connectivity index is 3.00. The molecule has 1 heteroatoms. The SMILES string of the molecule is C=C1CCC(C)C(C)(C)C1C(=O)C=CC. The Labute approximate surface area is 93.3 Å². The smallest absolute Gasteiger partial charge is 0.162 e. The number of rotatable bonds is 2. The summed E-state index contributed by atoms with van der Waals surface area (Å²) in [4.78, 5) is 12.0. The first-order chi connectivity index (χ1) is 6.91. The summed E-state index contributed by atoms with van der Waals surface area (Å²) in [6, 6.07) is 0. The molecule has 2 unspecified atom stereocenters. The number of carbonyl (C=O) groups is 1. The van der Waals surface area contributed by atoms with Gasteiger partial charge in [0.25, 0.3) is 0 Å². The molecule has 1 nitrogen and oxygen atoms in total. The molecule has 2 atom stereocenters. The van der Waals surface area contributed by atoms with Gasteiger partial charge in [-0.1, -0.05) is 39.0 Å². The molecule has 0 saturated heterocycles. The molecule has 1 rings (SSSR count). The standard InChI is InChI=1S/C14H22O/c1-6-7-12(15)13-10(2)8-9-11(3)14(13,4)5/h6-7,11,13H,2,8-9H2,1,3-5H3. The summed E-state index contributed by atoms with van der Waals surface area (Å²) in [5.74, 6) is 0.818. The first kappa shape index (κ1) is 12.2. The Hall–Kier alpha value is -0.850. The average molecular weight is 206 g/mol. The van der Waals surface area contributed by atoms with Crippen LogP contribution in [0.25, 0.3) is 0 Å². The van der Waals surface area contributed by atoms with E-state index in [4.69, 9.17) is 0 Å². The van der Waals surface area contributed by atoms with Gasteiger partial charge < -0.3 is 0 Å².